The van der Waals surface area contributed by atoms with E-state index in [9.17, 15) is 28.8 Å². The van der Waals surface area contributed by atoms with Gasteiger partial charge in [0.1, 0.15) is 68.5 Å². The second-order valence-corrected chi connectivity index (χ2v) is 26.0. The summed E-state index contributed by atoms with van der Waals surface area (Å²) in [5.74, 6) is 3.63. The van der Waals surface area contributed by atoms with Crippen molar-refractivity contribution in [1.29, 1.82) is 0 Å². The average molecular weight is 1370 g/mol. The van der Waals surface area contributed by atoms with Crippen LogP contribution in [0.15, 0.2) is 184 Å². The largest absolute Gasteiger partial charge is 0.493 e. The van der Waals surface area contributed by atoms with E-state index in [1.165, 1.54) is 56.8 Å². The number of nitrogens with two attached hydrogens (primary N) is 3. The van der Waals surface area contributed by atoms with Crippen molar-refractivity contribution in [1.82, 2.24) is 29.3 Å². The molecule has 0 spiro atoms. The van der Waals surface area contributed by atoms with Gasteiger partial charge >= 0.3 is 0 Å². The van der Waals surface area contributed by atoms with E-state index < -0.39 is 17.7 Å². The van der Waals surface area contributed by atoms with Crippen molar-refractivity contribution >= 4 is 70.0 Å². The number of amides is 6. The Morgan fingerprint density at radius 1 is 0.392 bits per heavy atom. The first-order valence-corrected chi connectivity index (χ1v) is 34.4. The average Bonchev–Trinajstić information content (AvgIpc) is 1.62. The summed E-state index contributed by atoms with van der Waals surface area (Å²) in [4.78, 5) is 73.5. The third-order valence-corrected chi connectivity index (χ3v) is 18.7. The molecule has 24 heteroatoms. The summed E-state index contributed by atoms with van der Waals surface area (Å²) >= 11 is 0. The van der Waals surface area contributed by atoms with Crippen LogP contribution >= 0.6 is 0 Å². The van der Waals surface area contributed by atoms with Gasteiger partial charge in [0.15, 0.2) is 0 Å². The minimum atomic E-state index is -0.549. The van der Waals surface area contributed by atoms with E-state index in [4.69, 9.17) is 46.7 Å². The molecule has 0 radical (unpaired) electrons. The summed E-state index contributed by atoms with van der Waals surface area (Å²) in [6, 6.07) is 44.9. The number of carbonyl (C=O) groups excluding carboxylic acids is 6. The number of aromatic nitrogens is 6. The van der Waals surface area contributed by atoms with Crippen LogP contribution in [0.2, 0.25) is 0 Å². The molecule has 6 aliphatic rings. The number of fused-ring (bicyclic) bond motifs is 3. The van der Waals surface area contributed by atoms with Crippen molar-refractivity contribution in [2.24, 2.45) is 35.0 Å². The van der Waals surface area contributed by atoms with Crippen LogP contribution in [-0.4, -0.2) is 104 Å². The van der Waals surface area contributed by atoms with Gasteiger partial charge in [0.2, 0.25) is 17.7 Å². The van der Waals surface area contributed by atoms with Gasteiger partial charge in [0, 0.05) is 70.1 Å². The Labute approximate surface area is 589 Å². The highest BCUT2D eigenvalue weighted by molar-refractivity contribution is 6.06. The Kier molecular flexibility index (Phi) is 20.4. The number of para-hydroxylation sites is 3. The van der Waals surface area contributed by atoms with Crippen LogP contribution in [0.1, 0.15) is 124 Å². The third kappa shape index (κ3) is 15.5. The maximum Gasteiger partial charge on any atom is 0.254 e. The zero-order chi connectivity index (χ0) is 71.0. The van der Waals surface area contributed by atoms with Crippen molar-refractivity contribution < 1.29 is 43.0 Å². The van der Waals surface area contributed by atoms with Crippen LogP contribution < -0.4 is 63.3 Å². The van der Waals surface area contributed by atoms with E-state index in [0.717, 1.165) is 89.7 Å². The minimum Gasteiger partial charge on any atom is -0.493 e. The molecular formula is C78H81N15O9. The molecule has 15 rings (SSSR count). The van der Waals surface area contributed by atoms with E-state index in [1.54, 1.807) is 14.0 Å². The van der Waals surface area contributed by atoms with Crippen LogP contribution in [0.4, 0.5) is 34.5 Å². The van der Waals surface area contributed by atoms with E-state index >= 15 is 0 Å². The molecule has 3 atom stereocenters. The molecule has 3 aromatic heterocycles. The second kappa shape index (κ2) is 30.5. The molecule has 0 bridgehead atoms. The second-order valence-electron chi connectivity index (χ2n) is 26.0. The monoisotopic (exact) mass is 1370 g/mol. The predicted molar refractivity (Wildman–Crippen MR) is 393 cm³/mol. The van der Waals surface area contributed by atoms with E-state index in [1.807, 2.05) is 146 Å². The lowest BCUT2D eigenvalue weighted by molar-refractivity contribution is -0.112. The first-order chi connectivity index (χ1) is 49.6. The number of nitrogens with zero attached hydrogens (tertiary/aromatic N) is 6. The summed E-state index contributed by atoms with van der Waals surface area (Å²) < 4.78 is 22.9. The van der Waals surface area contributed by atoms with Crippen LogP contribution in [0.3, 0.4) is 0 Å². The number of ether oxygens (including phenoxy) is 3. The summed E-state index contributed by atoms with van der Waals surface area (Å²) in [5.41, 5.74) is 27.1. The summed E-state index contributed by atoms with van der Waals surface area (Å²) in [6.45, 7) is 14.7. The van der Waals surface area contributed by atoms with Crippen LogP contribution in [0.5, 0.6) is 17.2 Å². The number of nitrogens with one attached hydrogen (secondary N) is 6. The molecule has 3 aliphatic heterocycles. The van der Waals surface area contributed by atoms with E-state index in [-0.39, 0.29) is 35.8 Å². The highest BCUT2D eigenvalue weighted by Gasteiger charge is 2.36. The van der Waals surface area contributed by atoms with Gasteiger partial charge in [-0.3, -0.25) is 28.8 Å². The van der Waals surface area contributed by atoms with Gasteiger partial charge in [-0.15, -0.1) is 0 Å². The smallest absolute Gasteiger partial charge is 0.254 e. The van der Waals surface area contributed by atoms with Gasteiger partial charge in [-0.25, -0.2) is 14.0 Å². The fraction of sp³-hybridized carbons (Fsp3) is 0.269. The van der Waals surface area contributed by atoms with Crippen molar-refractivity contribution in [3.05, 3.63) is 217 Å². The van der Waals surface area contributed by atoms with Crippen LogP contribution in [0, 0.1) is 17.8 Å². The van der Waals surface area contributed by atoms with Gasteiger partial charge in [-0.1, -0.05) is 74.3 Å². The number of anilines is 6. The first kappa shape index (κ1) is 68.3. The third-order valence-electron chi connectivity index (χ3n) is 18.7. The molecule has 102 heavy (non-hydrogen) atoms. The minimum absolute atomic E-state index is 0.189. The Morgan fingerprint density at radius 3 is 0.882 bits per heavy atom. The van der Waals surface area contributed by atoms with Crippen molar-refractivity contribution in [3.63, 3.8) is 0 Å². The molecule has 6 heterocycles. The molecule has 3 fully saturated rings. The number of benzene rings is 6. The number of primary amides is 3. The highest BCUT2D eigenvalue weighted by atomic mass is 16.5. The molecule has 24 nitrogen and oxygen atoms in total. The summed E-state index contributed by atoms with van der Waals surface area (Å²) in [7, 11) is 0. The molecule has 522 valence electrons. The van der Waals surface area contributed by atoms with Crippen LogP contribution in [0.25, 0.3) is 33.8 Å². The number of carbonyl (C=O) groups is 6. The molecule has 0 saturated heterocycles. The maximum absolute atomic E-state index is 12.5. The highest BCUT2D eigenvalue weighted by Crippen LogP contribution is 2.44. The van der Waals surface area contributed by atoms with Gasteiger partial charge in [-0.2, -0.15) is 15.3 Å². The number of hydrogen-bond donors (Lipinski definition) is 9. The molecular weight excluding hydrogens is 1290 g/mol. The first-order valence-electron chi connectivity index (χ1n) is 34.4. The predicted octanol–water partition coefficient (Wildman–Crippen LogP) is 11.9. The van der Waals surface area contributed by atoms with Gasteiger partial charge in [0.25, 0.3) is 17.7 Å². The lowest BCUT2D eigenvalue weighted by Gasteiger charge is -2.28. The van der Waals surface area contributed by atoms with Crippen molar-refractivity contribution in [2.75, 3.05) is 71.4 Å². The zero-order valence-corrected chi connectivity index (χ0v) is 56.4. The SMILES string of the molecule is C=CC(=O)Nc1ccccc1C1CCNc2c(C(N)=O)c(-c3ccc(OCC4CC4)cc3)nn21.C=CC(=O)Nc1ccccc1C1CCNc2c(C(N)=O)c(-c3ccc(OCC4CC4)cc3)nn21.C=CC(=O)Nc1ccccc1C1CCNc2c(C(N)=O)c(-c3ccc(OCC4CC4)cc3)nn21. The normalized spacial score (nSPS) is 16.8. The van der Waals surface area contributed by atoms with Gasteiger partial charge in [-0.05, 0) is 185 Å². The Balaban J connectivity index is 0.000000137. The molecule has 3 aliphatic carbocycles. The topological polar surface area (TPSA) is 334 Å². The van der Waals surface area contributed by atoms with Crippen LogP contribution in [-0.2, 0) is 14.4 Å². The molecule has 6 aromatic carbocycles. The zero-order valence-electron chi connectivity index (χ0n) is 56.4. The fourth-order valence-corrected chi connectivity index (χ4v) is 12.9. The lowest BCUT2D eigenvalue weighted by atomic mass is 9.99. The van der Waals surface area contributed by atoms with Crippen molar-refractivity contribution in [2.45, 2.75) is 75.9 Å². The molecule has 9 aromatic rings. The Bertz CT molecular complexity index is 4200. The number of hydrogen-bond acceptors (Lipinski definition) is 15. The number of rotatable bonds is 24. The molecule has 12 N–H and O–H groups in total. The summed E-state index contributed by atoms with van der Waals surface area (Å²) in [5, 5.41) is 33.0. The Hall–Kier alpha value is -12.2. The molecule has 6 amide bonds. The van der Waals surface area contributed by atoms with Gasteiger partial charge < -0.3 is 63.3 Å². The summed E-state index contributed by atoms with van der Waals surface area (Å²) in [6.07, 6.45) is 13.3. The quantitative estimate of drug-likeness (QED) is 0.0254. The van der Waals surface area contributed by atoms with E-state index in [0.29, 0.717) is 106 Å². The maximum atomic E-state index is 12.5. The fourth-order valence-electron chi connectivity index (χ4n) is 12.9. The standard InChI is InChI=1S/3C26H27N5O3/c3*1-2-22(32)29-20-6-4-3-5-19(20)21-13-14-28-26-23(25(27)33)24(30-31(21)26)17-9-11-18(12-10-17)34-15-16-7-8-16/h3*2-6,9-12,16,21,28H,1,7-8,13-15H2,(H2,27,33)(H,29,32). The van der Waals surface area contributed by atoms with Crippen molar-refractivity contribution in [3.8, 4) is 51.0 Å². The van der Waals surface area contributed by atoms with E-state index in [2.05, 4.69) is 51.6 Å². The van der Waals surface area contributed by atoms with Gasteiger partial charge in [0.05, 0.1) is 37.9 Å². The Morgan fingerprint density at radius 2 is 0.647 bits per heavy atom. The molecule has 3 unspecified atom stereocenters. The lowest BCUT2D eigenvalue weighted by Crippen LogP contribution is -2.27. The molecule has 3 saturated carbocycles.